The number of carboxylic acids is 1. The molecule has 2 aromatic rings. The van der Waals surface area contributed by atoms with Gasteiger partial charge in [-0.15, -0.1) is 0 Å². The monoisotopic (exact) mass is 397 g/mol. The van der Waals surface area contributed by atoms with Crippen molar-refractivity contribution in [3.8, 4) is 17.6 Å². The molecule has 10 heteroatoms. The number of nitrogens with one attached hydrogen (secondary N) is 1. The van der Waals surface area contributed by atoms with E-state index in [0.29, 0.717) is 5.56 Å². The summed E-state index contributed by atoms with van der Waals surface area (Å²) >= 11 is 0. The van der Waals surface area contributed by atoms with Gasteiger partial charge in [-0.25, -0.2) is 4.79 Å². The number of carboxylic acid groups (broad SMARTS) is 1. The molecule has 2 rings (SSSR count). The zero-order valence-corrected chi connectivity index (χ0v) is 15.1. The van der Waals surface area contributed by atoms with Crippen molar-refractivity contribution in [3.05, 3.63) is 63.7 Å². The van der Waals surface area contributed by atoms with Gasteiger partial charge >= 0.3 is 5.97 Å². The Balaban J connectivity index is 2.23. The minimum Gasteiger partial charge on any atom is -0.493 e. The highest BCUT2D eigenvalue weighted by atomic mass is 16.6. The number of nitro groups is 1. The molecule has 148 valence electrons. The van der Waals surface area contributed by atoms with Gasteiger partial charge in [-0.05, 0) is 29.8 Å². The van der Waals surface area contributed by atoms with Gasteiger partial charge < -0.3 is 19.9 Å². The van der Waals surface area contributed by atoms with E-state index in [4.69, 9.17) is 14.6 Å². The van der Waals surface area contributed by atoms with Crippen molar-refractivity contribution >= 4 is 29.3 Å². The normalized spacial score (nSPS) is 10.6. The summed E-state index contributed by atoms with van der Waals surface area (Å²) in [4.78, 5) is 33.2. The van der Waals surface area contributed by atoms with Crippen LogP contribution >= 0.6 is 0 Å². The number of nitriles is 1. The number of hydrogen-bond acceptors (Lipinski definition) is 7. The molecule has 0 saturated carbocycles. The first kappa shape index (κ1) is 20.9. The summed E-state index contributed by atoms with van der Waals surface area (Å²) in [6, 6.07) is 11.5. The molecule has 29 heavy (non-hydrogen) atoms. The molecule has 0 spiro atoms. The summed E-state index contributed by atoms with van der Waals surface area (Å²) in [5.74, 6) is -1.50. The Hall–Kier alpha value is -4.39. The SMILES string of the molecule is COc1cc(/C=C(\C#N)C(=O)Nc2cccc([N+](=O)[O-])c2)ccc1OCC(=O)O. The molecule has 2 N–H and O–H groups in total. The summed E-state index contributed by atoms with van der Waals surface area (Å²) in [6.45, 7) is -0.555. The number of nitrogens with zero attached hydrogens (tertiary/aromatic N) is 2. The number of hydrogen-bond donors (Lipinski definition) is 2. The smallest absolute Gasteiger partial charge is 0.341 e. The summed E-state index contributed by atoms with van der Waals surface area (Å²) < 4.78 is 10.2. The van der Waals surface area contributed by atoms with Gasteiger partial charge in [-0.1, -0.05) is 12.1 Å². The lowest BCUT2D eigenvalue weighted by Gasteiger charge is -2.10. The number of carbonyl (C=O) groups is 2. The fraction of sp³-hybridized carbons (Fsp3) is 0.105. The predicted molar refractivity (Wildman–Crippen MR) is 101 cm³/mol. The molecule has 1 amide bonds. The number of carbonyl (C=O) groups excluding carboxylic acids is 1. The Labute approximate surface area is 164 Å². The number of nitro benzene ring substituents is 1. The molecule has 0 aliphatic heterocycles. The second kappa shape index (κ2) is 9.52. The van der Waals surface area contributed by atoms with Crippen LogP contribution in [0.5, 0.6) is 11.5 Å². The van der Waals surface area contributed by atoms with Gasteiger partial charge in [0.25, 0.3) is 11.6 Å². The Kier molecular flexibility index (Phi) is 6.86. The van der Waals surface area contributed by atoms with E-state index in [0.717, 1.165) is 0 Å². The van der Waals surface area contributed by atoms with Crippen molar-refractivity contribution in [1.29, 1.82) is 5.26 Å². The van der Waals surface area contributed by atoms with Crippen LogP contribution in [0.15, 0.2) is 48.0 Å². The molecule has 0 aliphatic carbocycles. The van der Waals surface area contributed by atoms with Crippen molar-refractivity contribution in [1.82, 2.24) is 0 Å². The number of rotatable bonds is 8. The second-order valence-corrected chi connectivity index (χ2v) is 5.52. The fourth-order valence-electron chi connectivity index (χ4n) is 2.24. The van der Waals surface area contributed by atoms with Crippen molar-refractivity contribution < 1.29 is 29.1 Å². The third-order valence-corrected chi connectivity index (χ3v) is 3.53. The number of ether oxygens (including phenoxy) is 2. The molecule has 0 aliphatic rings. The Morgan fingerprint density at radius 1 is 1.28 bits per heavy atom. The lowest BCUT2D eigenvalue weighted by molar-refractivity contribution is -0.384. The summed E-state index contributed by atoms with van der Waals surface area (Å²) in [6.07, 6.45) is 1.29. The van der Waals surface area contributed by atoms with Gasteiger partial charge in [0.1, 0.15) is 11.6 Å². The van der Waals surface area contributed by atoms with Crippen LogP contribution < -0.4 is 14.8 Å². The lowest BCUT2D eigenvalue weighted by atomic mass is 10.1. The first-order valence-corrected chi connectivity index (χ1v) is 8.04. The van der Waals surface area contributed by atoms with Crippen LogP contribution in [0.3, 0.4) is 0 Å². The minimum absolute atomic E-state index is 0.167. The van der Waals surface area contributed by atoms with Gasteiger partial charge in [0.05, 0.1) is 12.0 Å². The number of non-ortho nitro benzene ring substituents is 1. The maximum absolute atomic E-state index is 12.3. The molecule has 0 radical (unpaired) electrons. The average Bonchev–Trinajstić information content (AvgIpc) is 2.70. The van der Waals surface area contributed by atoms with E-state index in [1.54, 1.807) is 6.07 Å². The van der Waals surface area contributed by atoms with Crippen LogP contribution in [0, 0.1) is 21.4 Å². The first-order valence-electron chi connectivity index (χ1n) is 8.04. The molecular formula is C19H15N3O7. The molecule has 0 fully saturated rings. The van der Waals surface area contributed by atoms with E-state index in [2.05, 4.69) is 5.32 Å². The summed E-state index contributed by atoms with van der Waals surface area (Å²) in [5.41, 5.74) is 0.139. The summed E-state index contributed by atoms with van der Waals surface area (Å²) in [7, 11) is 1.36. The zero-order chi connectivity index (χ0) is 21.4. The van der Waals surface area contributed by atoms with E-state index in [1.807, 2.05) is 0 Å². The third kappa shape index (κ3) is 5.80. The lowest BCUT2D eigenvalue weighted by Crippen LogP contribution is -2.13. The van der Waals surface area contributed by atoms with Crippen molar-refractivity contribution in [2.75, 3.05) is 19.0 Å². The van der Waals surface area contributed by atoms with Crippen LogP contribution in [-0.4, -0.2) is 35.6 Å². The van der Waals surface area contributed by atoms with Crippen molar-refractivity contribution in [2.24, 2.45) is 0 Å². The van der Waals surface area contributed by atoms with Crippen molar-refractivity contribution in [2.45, 2.75) is 0 Å². The second-order valence-electron chi connectivity index (χ2n) is 5.52. The van der Waals surface area contributed by atoms with Gasteiger partial charge in [0.15, 0.2) is 18.1 Å². The number of amides is 1. The first-order chi connectivity index (χ1) is 13.8. The highest BCUT2D eigenvalue weighted by molar-refractivity contribution is 6.09. The maximum atomic E-state index is 12.3. The third-order valence-electron chi connectivity index (χ3n) is 3.53. The van der Waals surface area contributed by atoms with E-state index in [9.17, 15) is 25.0 Å². The topological polar surface area (TPSA) is 152 Å². The Morgan fingerprint density at radius 2 is 2.03 bits per heavy atom. The van der Waals surface area contributed by atoms with Crippen LogP contribution in [-0.2, 0) is 9.59 Å². The van der Waals surface area contributed by atoms with Gasteiger partial charge in [0.2, 0.25) is 0 Å². The van der Waals surface area contributed by atoms with Gasteiger partial charge in [-0.3, -0.25) is 14.9 Å². The zero-order valence-electron chi connectivity index (χ0n) is 15.1. The van der Waals surface area contributed by atoms with Crippen LogP contribution in [0.2, 0.25) is 0 Å². The molecule has 2 aromatic carbocycles. The summed E-state index contributed by atoms with van der Waals surface area (Å²) in [5, 5.41) is 31.2. The van der Waals surface area contributed by atoms with E-state index in [1.165, 1.54) is 55.7 Å². The molecule has 0 atom stereocenters. The van der Waals surface area contributed by atoms with Crippen molar-refractivity contribution in [3.63, 3.8) is 0 Å². The van der Waals surface area contributed by atoms with E-state index in [-0.39, 0.29) is 28.4 Å². The molecule has 0 bridgehead atoms. The molecule has 0 saturated heterocycles. The molecule has 0 heterocycles. The quantitative estimate of drug-likeness (QED) is 0.298. The van der Waals surface area contributed by atoms with E-state index < -0.39 is 23.4 Å². The molecule has 0 aromatic heterocycles. The average molecular weight is 397 g/mol. The number of anilines is 1. The van der Waals surface area contributed by atoms with Crippen LogP contribution in [0.25, 0.3) is 6.08 Å². The molecule has 0 unspecified atom stereocenters. The Bertz CT molecular complexity index is 1020. The number of aliphatic carboxylic acids is 1. The number of methoxy groups -OCH3 is 1. The van der Waals surface area contributed by atoms with Gasteiger partial charge in [-0.2, -0.15) is 5.26 Å². The number of benzene rings is 2. The largest absolute Gasteiger partial charge is 0.493 e. The van der Waals surface area contributed by atoms with Gasteiger partial charge in [0, 0.05) is 17.8 Å². The van der Waals surface area contributed by atoms with Crippen LogP contribution in [0.4, 0.5) is 11.4 Å². The molecular weight excluding hydrogens is 382 g/mol. The highest BCUT2D eigenvalue weighted by Gasteiger charge is 2.13. The van der Waals surface area contributed by atoms with E-state index >= 15 is 0 Å². The maximum Gasteiger partial charge on any atom is 0.341 e. The fourth-order valence-corrected chi connectivity index (χ4v) is 2.24. The Morgan fingerprint density at radius 3 is 2.66 bits per heavy atom. The minimum atomic E-state index is -1.15. The van der Waals surface area contributed by atoms with Crippen LogP contribution in [0.1, 0.15) is 5.56 Å². The predicted octanol–water partition coefficient (Wildman–Crippen LogP) is 2.61. The highest BCUT2D eigenvalue weighted by Crippen LogP contribution is 2.29. The standard InChI is InChI=1S/C19H15N3O7/c1-28-17-8-12(5-6-16(17)29-11-18(23)24)7-13(10-20)19(25)21-14-3-2-4-15(9-14)22(26)27/h2-9H,11H2,1H3,(H,21,25)(H,23,24)/b13-7+. The molecule has 10 nitrogen and oxygen atoms in total.